The highest BCUT2D eigenvalue weighted by atomic mass is 16.3. The Balaban J connectivity index is 1.64. The van der Waals surface area contributed by atoms with Gasteiger partial charge in [-0.05, 0) is 24.3 Å². The predicted octanol–water partition coefficient (Wildman–Crippen LogP) is 1.29. The number of aliphatic hydroxyl groups is 1. The highest BCUT2D eigenvalue weighted by Crippen LogP contribution is 2.27. The number of hydrogen-bond donors (Lipinski definition) is 3. The van der Waals surface area contributed by atoms with Gasteiger partial charge in [0.25, 0.3) is 0 Å². The summed E-state index contributed by atoms with van der Waals surface area (Å²) in [5, 5.41) is 15.8. The molecule has 0 aliphatic carbocycles. The Morgan fingerprint density at radius 1 is 1.21 bits per heavy atom. The van der Waals surface area contributed by atoms with Crippen molar-refractivity contribution >= 4 is 22.5 Å². The van der Waals surface area contributed by atoms with Crippen LogP contribution in [0.5, 0.6) is 0 Å². The summed E-state index contributed by atoms with van der Waals surface area (Å²) in [4.78, 5) is 9.04. The molecule has 28 heavy (non-hydrogen) atoms. The molecular weight excluding hydrogens is 356 g/mol. The fourth-order valence-corrected chi connectivity index (χ4v) is 3.25. The molecule has 0 spiro atoms. The second kappa shape index (κ2) is 7.29. The molecule has 0 saturated carbocycles. The minimum Gasteiger partial charge on any atom is -0.396 e. The van der Waals surface area contributed by atoms with Crippen LogP contribution in [-0.4, -0.2) is 36.0 Å². The Bertz CT molecular complexity index is 1120. The molecule has 0 unspecified atom stereocenters. The van der Waals surface area contributed by atoms with E-state index in [0.29, 0.717) is 30.3 Å². The standard InChI is InChI=1S/C19H22N8O/c1-25-10-14(15-3-2-6-22-18(15)25)12-27(21)19-16(20)4-5-17(24-19)13-9-23-26(11-13)7-8-28/h2-6,9-11,28H,7-8,12,20-21H2,1H3. The van der Waals surface area contributed by atoms with Crippen LogP contribution in [0.4, 0.5) is 11.5 Å². The van der Waals surface area contributed by atoms with Gasteiger partial charge >= 0.3 is 0 Å². The third-order valence-corrected chi connectivity index (χ3v) is 4.59. The summed E-state index contributed by atoms with van der Waals surface area (Å²) < 4.78 is 3.64. The predicted molar refractivity (Wildman–Crippen MR) is 108 cm³/mol. The number of aryl methyl sites for hydroxylation is 1. The van der Waals surface area contributed by atoms with E-state index >= 15 is 0 Å². The molecule has 0 aromatic carbocycles. The summed E-state index contributed by atoms with van der Waals surface area (Å²) in [7, 11) is 1.96. The van der Waals surface area contributed by atoms with Crippen LogP contribution in [0.1, 0.15) is 5.56 Å². The van der Waals surface area contributed by atoms with Crippen LogP contribution in [0.2, 0.25) is 0 Å². The molecule has 0 saturated heterocycles. The van der Waals surface area contributed by atoms with Gasteiger partial charge in [-0.2, -0.15) is 5.10 Å². The molecule has 4 heterocycles. The van der Waals surface area contributed by atoms with Crippen LogP contribution in [0.15, 0.2) is 49.1 Å². The number of nitrogen functional groups attached to an aromatic ring is 1. The van der Waals surface area contributed by atoms with Gasteiger partial charge in [-0.1, -0.05) is 0 Å². The number of hydrazine groups is 1. The number of nitrogens with two attached hydrogens (primary N) is 2. The summed E-state index contributed by atoms with van der Waals surface area (Å²) in [6, 6.07) is 7.54. The molecule has 0 radical (unpaired) electrons. The van der Waals surface area contributed by atoms with Gasteiger partial charge in [0.05, 0.1) is 37.3 Å². The van der Waals surface area contributed by atoms with E-state index in [1.54, 1.807) is 28.2 Å². The van der Waals surface area contributed by atoms with E-state index in [0.717, 1.165) is 22.2 Å². The monoisotopic (exact) mass is 378 g/mol. The van der Waals surface area contributed by atoms with Crippen molar-refractivity contribution in [2.75, 3.05) is 17.3 Å². The molecule has 0 amide bonds. The van der Waals surface area contributed by atoms with Crippen molar-refractivity contribution < 1.29 is 5.11 Å². The third kappa shape index (κ3) is 3.28. The van der Waals surface area contributed by atoms with Gasteiger partial charge in [0.2, 0.25) is 0 Å². The smallest absolute Gasteiger partial charge is 0.166 e. The lowest BCUT2D eigenvalue weighted by Gasteiger charge is -2.19. The number of nitrogens with zero attached hydrogens (tertiary/aromatic N) is 6. The van der Waals surface area contributed by atoms with Crippen LogP contribution in [0.25, 0.3) is 22.3 Å². The zero-order chi connectivity index (χ0) is 19.7. The van der Waals surface area contributed by atoms with Crippen molar-refractivity contribution in [3.63, 3.8) is 0 Å². The van der Waals surface area contributed by atoms with Gasteiger partial charge in [-0.15, -0.1) is 0 Å². The van der Waals surface area contributed by atoms with Crippen LogP contribution in [0, 0.1) is 0 Å². The molecule has 144 valence electrons. The van der Waals surface area contributed by atoms with Crippen molar-refractivity contribution in [3.05, 3.63) is 54.6 Å². The first-order chi connectivity index (χ1) is 13.6. The van der Waals surface area contributed by atoms with Crippen molar-refractivity contribution in [3.8, 4) is 11.3 Å². The number of hydrogen-bond acceptors (Lipinski definition) is 7. The molecule has 9 nitrogen and oxygen atoms in total. The second-order valence-corrected chi connectivity index (χ2v) is 6.59. The molecule has 9 heteroatoms. The van der Waals surface area contributed by atoms with Crippen molar-refractivity contribution in [1.29, 1.82) is 0 Å². The van der Waals surface area contributed by atoms with Crippen LogP contribution < -0.4 is 16.6 Å². The quantitative estimate of drug-likeness (QED) is 0.341. The molecule has 0 atom stereocenters. The summed E-state index contributed by atoms with van der Waals surface area (Å²) >= 11 is 0. The lowest BCUT2D eigenvalue weighted by atomic mass is 10.2. The van der Waals surface area contributed by atoms with Gasteiger partial charge in [0.15, 0.2) is 5.82 Å². The average molecular weight is 378 g/mol. The van der Waals surface area contributed by atoms with Crippen LogP contribution in [-0.2, 0) is 20.1 Å². The van der Waals surface area contributed by atoms with Crippen molar-refractivity contribution in [1.82, 2.24) is 24.3 Å². The first kappa shape index (κ1) is 18.0. The lowest BCUT2D eigenvalue weighted by molar-refractivity contribution is 0.269. The van der Waals surface area contributed by atoms with Crippen LogP contribution >= 0.6 is 0 Å². The van der Waals surface area contributed by atoms with Crippen molar-refractivity contribution in [2.45, 2.75) is 13.1 Å². The SMILES string of the molecule is Cn1cc(CN(N)c2nc(-c3cnn(CCO)c3)ccc2N)c2cccnc21. The number of aliphatic hydroxyl groups excluding tert-OH is 1. The molecule has 0 fully saturated rings. The molecule has 4 aromatic heterocycles. The molecular formula is C19H22N8O. The van der Waals surface area contributed by atoms with Crippen LogP contribution in [0.3, 0.4) is 0 Å². The Morgan fingerprint density at radius 2 is 2.07 bits per heavy atom. The minimum absolute atomic E-state index is 0.0258. The fourth-order valence-electron chi connectivity index (χ4n) is 3.25. The van der Waals surface area contributed by atoms with Crippen molar-refractivity contribution in [2.24, 2.45) is 12.9 Å². The normalized spacial score (nSPS) is 11.2. The van der Waals surface area contributed by atoms with E-state index in [9.17, 15) is 0 Å². The lowest BCUT2D eigenvalue weighted by Crippen LogP contribution is -2.31. The highest BCUT2D eigenvalue weighted by molar-refractivity contribution is 5.81. The number of pyridine rings is 2. The topological polar surface area (TPSA) is 124 Å². The molecule has 0 aliphatic rings. The Labute approximate surface area is 161 Å². The molecule has 5 N–H and O–H groups in total. The Hall–Kier alpha value is -3.43. The summed E-state index contributed by atoms with van der Waals surface area (Å²) in [6.07, 6.45) is 7.31. The highest BCUT2D eigenvalue weighted by Gasteiger charge is 2.15. The Morgan fingerprint density at radius 3 is 2.89 bits per heavy atom. The minimum atomic E-state index is 0.0258. The first-order valence-corrected chi connectivity index (χ1v) is 8.88. The van der Waals surface area contributed by atoms with E-state index in [4.69, 9.17) is 16.7 Å². The molecule has 4 rings (SSSR count). The summed E-state index contributed by atoms with van der Waals surface area (Å²) in [6.45, 7) is 0.894. The van der Waals surface area contributed by atoms with Gasteiger partial charge in [0, 0.05) is 42.2 Å². The maximum absolute atomic E-state index is 9.05. The third-order valence-electron chi connectivity index (χ3n) is 4.59. The molecule has 0 aliphatic heterocycles. The number of anilines is 2. The van der Waals surface area contributed by atoms with Gasteiger partial charge in [-0.25, -0.2) is 15.8 Å². The summed E-state index contributed by atoms with van der Waals surface area (Å²) in [5.74, 6) is 6.83. The number of fused-ring (bicyclic) bond motifs is 1. The van der Waals surface area contributed by atoms with E-state index < -0.39 is 0 Å². The first-order valence-electron chi connectivity index (χ1n) is 8.88. The zero-order valence-electron chi connectivity index (χ0n) is 15.5. The average Bonchev–Trinajstić information content (AvgIpc) is 3.28. The molecule has 4 aromatic rings. The van der Waals surface area contributed by atoms with Gasteiger partial charge in [0.1, 0.15) is 5.65 Å². The number of rotatable bonds is 6. The van der Waals surface area contributed by atoms with E-state index in [1.165, 1.54) is 0 Å². The maximum atomic E-state index is 9.05. The number of aromatic nitrogens is 5. The maximum Gasteiger partial charge on any atom is 0.166 e. The van der Waals surface area contributed by atoms with Gasteiger partial charge in [-0.3, -0.25) is 9.69 Å². The second-order valence-electron chi connectivity index (χ2n) is 6.59. The van der Waals surface area contributed by atoms with E-state index in [2.05, 4.69) is 15.1 Å². The zero-order valence-corrected chi connectivity index (χ0v) is 15.5. The fraction of sp³-hybridized carbons (Fsp3) is 0.211. The summed E-state index contributed by atoms with van der Waals surface area (Å²) in [5.41, 5.74) is 10.1. The molecule has 0 bridgehead atoms. The Kier molecular flexibility index (Phi) is 4.68. The van der Waals surface area contributed by atoms with E-state index in [-0.39, 0.29) is 6.61 Å². The van der Waals surface area contributed by atoms with Gasteiger partial charge < -0.3 is 15.4 Å². The largest absolute Gasteiger partial charge is 0.396 e. The van der Waals surface area contributed by atoms with E-state index in [1.807, 2.05) is 42.2 Å².